The van der Waals surface area contributed by atoms with E-state index in [9.17, 15) is 9.59 Å². The Kier molecular flexibility index (Phi) is 5.66. The van der Waals surface area contributed by atoms with E-state index < -0.39 is 12.0 Å². The van der Waals surface area contributed by atoms with E-state index in [4.69, 9.17) is 5.11 Å². The highest BCUT2D eigenvalue weighted by molar-refractivity contribution is 7.14. The van der Waals surface area contributed by atoms with E-state index in [1.807, 2.05) is 27.7 Å². The lowest BCUT2D eigenvalue weighted by Gasteiger charge is -2.13. The number of hydrogen-bond acceptors (Lipinski definition) is 4. The van der Waals surface area contributed by atoms with Gasteiger partial charge in [0.05, 0.1) is 10.7 Å². The molecule has 1 atom stereocenters. The third kappa shape index (κ3) is 4.67. The van der Waals surface area contributed by atoms with Gasteiger partial charge in [0.15, 0.2) is 0 Å². The van der Waals surface area contributed by atoms with Gasteiger partial charge in [0, 0.05) is 5.41 Å². The molecule has 2 N–H and O–H groups in total. The Morgan fingerprint density at radius 1 is 1.43 bits per heavy atom. The van der Waals surface area contributed by atoms with Crippen LogP contribution >= 0.6 is 11.3 Å². The minimum absolute atomic E-state index is 0.134. The van der Waals surface area contributed by atoms with Crippen LogP contribution in [0.15, 0.2) is 12.2 Å². The molecule has 116 valence electrons. The number of aliphatic carboxylic acids is 1. The van der Waals surface area contributed by atoms with Crippen molar-refractivity contribution in [2.45, 2.75) is 52.5 Å². The van der Waals surface area contributed by atoms with Crippen LogP contribution in [-0.4, -0.2) is 28.0 Å². The quantitative estimate of drug-likeness (QED) is 0.820. The number of rotatable bonds is 5. The smallest absolute Gasteiger partial charge is 0.326 e. The predicted octanol–water partition coefficient (Wildman–Crippen LogP) is 2.90. The molecule has 0 spiro atoms. The molecule has 0 aliphatic heterocycles. The maximum atomic E-state index is 12.3. The van der Waals surface area contributed by atoms with Crippen LogP contribution in [0, 0.1) is 6.92 Å². The molecular formula is C15H22N2O3S. The zero-order valence-electron chi connectivity index (χ0n) is 13.1. The fourth-order valence-electron chi connectivity index (χ4n) is 1.65. The van der Waals surface area contributed by atoms with Crippen LogP contribution in [0.25, 0.3) is 0 Å². The van der Waals surface area contributed by atoms with Crippen LogP contribution in [0.2, 0.25) is 0 Å². The summed E-state index contributed by atoms with van der Waals surface area (Å²) >= 11 is 1.32. The maximum Gasteiger partial charge on any atom is 0.326 e. The van der Waals surface area contributed by atoms with Crippen molar-refractivity contribution in [1.29, 1.82) is 0 Å². The third-order valence-corrected chi connectivity index (χ3v) is 4.44. The summed E-state index contributed by atoms with van der Waals surface area (Å²) in [6.45, 7) is 9.66. The number of aromatic nitrogens is 1. The lowest BCUT2D eigenvalue weighted by molar-refractivity contribution is -0.139. The standard InChI is InChI=1S/C15H22N2O3S/c1-6-7-8-10(13(19)20)17-12(18)11-9(2)16-14(21-11)15(3,4)5/h6-7,10H,8H2,1-5H3,(H,17,18)(H,19,20)/b7-6+. The summed E-state index contributed by atoms with van der Waals surface area (Å²) in [5.41, 5.74) is 0.503. The number of thiazole rings is 1. The molecule has 1 unspecified atom stereocenters. The lowest BCUT2D eigenvalue weighted by atomic mass is 9.98. The summed E-state index contributed by atoms with van der Waals surface area (Å²) in [7, 11) is 0. The van der Waals surface area contributed by atoms with E-state index in [2.05, 4.69) is 10.3 Å². The summed E-state index contributed by atoms with van der Waals surface area (Å²) < 4.78 is 0. The first-order valence-corrected chi connectivity index (χ1v) is 7.61. The largest absolute Gasteiger partial charge is 0.480 e. The Morgan fingerprint density at radius 2 is 2.05 bits per heavy atom. The Hall–Kier alpha value is -1.69. The van der Waals surface area contributed by atoms with Crippen molar-refractivity contribution in [3.8, 4) is 0 Å². The number of allylic oxidation sites excluding steroid dienone is 1. The van der Waals surface area contributed by atoms with Crippen molar-refractivity contribution in [2.75, 3.05) is 0 Å². The van der Waals surface area contributed by atoms with Gasteiger partial charge in [-0.05, 0) is 20.3 Å². The normalized spacial score (nSPS) is 13.4. The zero-order valence-corrected chi connectivity index (χ0v) is 13.9. The lowest BCUT2D eigenvalue weighted by Crippen LogP contribution is -2.40. The number of carboxylic acids is 1. The van der Waals surface area contributed by atoms with Crippen molar-refractivity contribution < 1.29 is 14.7 Å². The summed E-state index contributed by atoms with van der Waals surface area (Å²) in [5.74, 6) is -1.42. The van der Waals surface area contributed by atoms with Gasteiger partial charge in [-0.25, -0.2) is 9.78 Å². The molecule has 0 aliphatic carbocycles. The molecule has 0 fully saturated rings. The van der Waals surface area contributed by atoms with E-state index >= 15 is 0 Å². The molecule has 0 radical (unpaired) electrons. The van der Waals surface area contributed by atoms with Gasteiger partial charge < -0.3 is 10.4 Å². The summed E-state index contributed by atoms with van der Waals surface area (Å²) in [6, 6.07) is -0.923. The highest BCUT2D eigenvalue weighted by atomic mass is 32.1. The van der Waals surface area contributed by atoms with Crippen molar-refractivity contribution in [1.82, 2.24) is 10.3 Å². The van der Waals surface area contributed by atoms with Crippen LogP contribution in [0.5, 0.6) is 0 Å². The van der Waals surface area contributed by atoms with Gasteiger partial charge in [-0.15, -0.1) is 11.3 Å². The zero-order chi connectivity index (χ0) is 16.2. The summed E-state index contributed by atoms with van der Waals surface area (Å²) in [5, 5.41) is 12.6. The number of aryl methyl sites for hydroxylation is 1. The van der Waals surface area contributed by atoms with Crippen LogP contribution < -0.4 is 5.32 Å². The molecule has 1 amide bonds. The molecule has 0 bridgehead atoms. The van der Waals surface area contributed by atoms with Crippen LogP contribution in [-0.2, 0) is 10.2 Å². The number of amides is 1. The van der Waals surface area contributed by atoms with E-state index in [-0.39, 0.29) is 17.7 Å². The molecule has 6 heteroatoms. The van der Waals surface area contributed by atoms with E-state index in [1.54, 1.807) is 19.1 Å². The Labute approximate surface area is 129 Å². The fourth-order valence-corrected chi connectivity index (χ4v) is 2.67. The number of nitrogens with zero attached hydrogens (tertiary/aromatic N) is 1. The Bertz CT molecular complexity index is 556. The first-order chi connectivity index (χ1) is 9.66. The molecule has 0 saturated heterocycles. The second-order valence-corrected chi connectivity index (χ2v) is 6.85. The van der Waals surface area contributed by atoms with Gasteiger partial charge in [0.1, 0.15) is 10.9 Å². The van der Waals surface area contributed by atoms with Crippen LogP contribution in [0.1, 0.15) is 54.5 Å². The minimum atomic E-state index is -1.04. The highest BCUT2D eigenvalue weighted by Crippen LogP contribution is 2.29. The monoisotopic (exact) mass is 310 g/mol. The minimum Gasteiger partial charge on any atom is -0.480 e. The van der Waals surface area contributed by atoms with Gasteiger partial charge in [0.25, 0.3) is 5.91 Å². The summed E-state index contributed by atoms with van der Waals surface area (Å²) in [6.07, 6.45) is 3.75. The molecule has 1 rings (SSSR count). The summed E-state index contributed by atoms with van der Waals surface area (Å²) in [4.78, 5) is 28.3. The van der Waals surface area contributed by atoms with Crippen molar-refractivity contribution in [3.63, 3.8) is 0 Å². The molecule has 1 aromatic rings. The Balaban J connectivity index is 2.93. The highest BCUT2D eigenvalue weighted by Gasteiger charge is 2.25. The molecule has 0 saturated carbocycles. The molecule has 0 aromatic carbocycles. The topological polar surface area (TPSA) is 79.3 Å². The number of carboxylic acid groups (broad SMARTS) is 1. The van der Waals surface area contributed by atoms with Gasteiger partial charge in [-0.2, -0.15) is 0 Å². The van der Waals surface area contributed by atoms with Crippen molar-refractivity contribution in [3.05, 3.63) is 27.7 Å². The van der Waals surface area contributed by atoms with E-state index in [0.29, 0.717) is 10.6 Å². The number of carbonyl (C=O) groups is 2. The SMILES string of the molecule is C/C=C/CC(NC(=O)c1sc(C(C)(C)C)nc1C)C(=O)O. The van der Waals surface area contributed by atoms with E-state index in [0.717, 1.165) is 5.01 Å². The first kappa shape index (κ1) is 17.4. The Morgan fingerprint density at radius 3 is 2.48 bits per heavy atom. The van der Waals surface area contributed by atoms with Crippen molar-refractivity contribution in [2.24, 2.45) is 0 Å². The molecular weight excluding hydrogens is 288 g/mol. The second-order valence-electron chi connectivity index (χ2n) is 5.85. The molecule has 21 heavy (non-hydrogen) atoms. The number of nitrogens with one attached hydrogen (secondary N) is 1. The van der Waals surface area contributed by atoms with Gasteiger partial charge in [-0.1, -0.05) is 32.9 Å². The van der Waals surface area contributed by atoms with Crippen LogP contribution in [0.4, 0.5) is 0 Å². The second kappa shape index (κ2) is 6.85. The molecule has 5 nitrogen and oxygen atoms in total. The average molecular weight is 310 g/mol. The fraction of sp³-hybridized carbons (Fsp3) is 0.533. The van der Waals surface area contributed by atoms with Gasteiger partial charge in [-0.3, -0.25) is 4.79 Å². The molecule has 1 heterocycles. The van der Waals surface area contributed by atoms with Crippen molar-refractivity contribution >= 4 is 23.2 Å². The van der Waals surface area contributed by atoms with Gasteiger partial charge in [0.2, 0.25) is 0 Å². The van der Waals surface area contributed by atoms with E-state index in [1.165, 1.54) is 11.3 Å². The molecule has 1 aromatic heterocycles. The average Bonchev–Trinajstić information content (AvgIpc) is 2.76. The van der Waals surface area contributed by atoms with Gasteiger partial charge >= 0.3 is 5.97 Å². The number of hydrogen-bond donors (Lipinski definition) is 2. The van der Waals surface area contributed by atoms with Crippen LogP contribution in [0.3, 0.4) is 0 Å². The molecule has 0 aliphatic rings. The first-order valence-electron chi connectivity index (χ1n) is 6.79. The number of carbonyl (C=O) groups excluding carboxylic acids is 1. The maximum absolute atomic E-state index is 12.3. The predicted molar refractivity (Wildman–Crippen MR) is 83.9 cm³/mol. The third-order valence-electron chi connectivity index (χ3n) is 2.86.